The Morgan fingerprint density at radius 1 is 1.47 bits per heavy atom. The zero-order valence-corrected chi connectivity index (χ0v) is 9.19. The Balaban J connectivity index is 2.33. The number of ether oxygens (including phenoxy) is 1. The Hall–Kier alpha value is -2.28. The fourth-order valence-electron chi connectivity index (χ4n) is 1.30. The molecule has 0 unspecified atom stereocenters. The number of amides is 1. The van der Waals surface area contributed by atoms with Crippen LogP contribution in [0.15, 0.2) is 30.0 Å². The van der Waals surface area contributed by atoms with Crippen molar-refractivity contribution in [3.63, 3.8) is 0 Å². The van der Waals surface area contributed by atoms with Gasteiger partial charge in [0.25, 0.3) is 16.8 Å². The summed E-state index contributed by atoms with van der Waals surface area (Å²) in [6.45, 7) is 0. The van der Waals surface area contributed by atoms with E-state index in [9.17, 15) is 14.9 Å². The predicted molar refractivity (Wildman–Crippen MR) is 62.9 cm³/mol. The Morgan fingerprint density at radius 3 is 2.82 bits per heavy atom. The van der Waals surface area contributed by atoms with E-state index in [1.165, 1.54) is 24.3 Å². The summed E-state index contributed by atoms with van der Waals surface area (Å²) >= 11 is 4.65. The van der Waals surface area contributed by atoms with Gasteiger partial charge in [0.05, 0.1) is 4.92 Å². The highest BCUT2D eigenvalue weighted by Gasteiger charge is 2.23. The second-order valence-electron chi connectivity index (χ2n) is 3.20. The fraction of sp³-hybridized carbons (Fsp3) is 0. The van der Waals surface area contributed by atoms with E-state index in [0.717, 1.165) is 0 Å². The van der Waals surface area contributed by atoms with Crippen molar-refractivity contribution >= 4 is 35.1 Å². The molecule has 0 atom stereocenters. The van der Waals surface area contributed by atoms with E-state index in [4.69, 9.17) is 4.74 Å². The van der Waals surface area contributed by atoms with Gasteiger partial charge in [0, 0.05) is 12.1 Å². The average Bonchev–Trinajstić information content (AvgIpc) is 2.58. The van der Waals surface area contributed by atoms with Gasteiger partial charge in [-0.1, -0.05) is 12.1 Å². The highest BCUT2D eigenvalue weighted by molar-refractivity contribution is 7.80. The second-order valence-corrected chi connectivity index (χ2v) is 3.58. The highest BCUT2D eigenvalue weighted by Crippen LogP contribution is 2.17. The third-order valence-electron chi connectivity index (χ3n) is 2.02. The summed E-state index contributed by atoms with van der Waals surface area (Å²) in [4.78, 5) is 21.3. The first kappa shape index (κ1) is 11.2. The Labute approximate surface area is 101 Å². The molecule has 0 bridgehead atoms. The van der Waals surface area contributed by atoms with Crippen LogP contribution in [0.1, 0.15) is 5.56 Å². The van der Waals surface area contributed by atoms with Crippen LogP contribution in [0.5, 0.6) is 0 Å². The molecule has 1 heterocycles. The van der Waals surface area contributed by atoms with E-state index in [2.05, 4.69) is 17.5 Å². The summed E-state index contributed by atoms with van der Waals surface area (Å²) in [6.07, 6.45) is 1.39. The molecule has 1 aliphatic rings. The van der Waals surface area contributed by atoms with E-state index in [-0.39, 0.29) is 16.6 Å². The summed E-state index contributed by atoms with van der Waals surface area (Å²) in [5.74, 6) is -0.433. The first-order chi connectivity index (χ1) is 8.06. The molecule has 0 radical (unpaired) electrons. The molecule has 1 fully saturated rings. The standard InChI is InChI=1S/C10H6N2O4S/c13-9-8(16-10(17)11-9)5-6-2-1-3-7(4-6)12(14)15/h1-5H,(H,11,13,17). The summed E-state index contributed by atoms with van der Waals surface area (Å²) < 4.78 is 4.94. The van der Waals surface area contributed by atoms with Crippen LogP contribution >= 0.6 is 12.2 Å². The minimum atomic E-state index is -0.512. The number of nitro benzene ring substituents is 1. The van der Waals surface area contributed by atoms with Crippen LogP contribution in [0.4, 0.5) is 5.69 Å². The number of thiocarbonyl (C=S) groups is 1. The topological polar surface area (TPSA) is 81.5 Å². The minimum Gasteiger partial charge on any atom is -0.426 e. The molecule has 0 aliphatic carbocycles. The molecule has 6 nitrogen and oxygen atoms in total. The zero-order valence-electron chi connectivity index (χ0n) is 8.38. The van der Waals surface area contributed by atoms with E-state index in [0.29, 0.717) is 5.56 Å². The molecule has 1 N–H and O–H groups in total. The van der Waals surface area contributed by atoms with Gasteiger partial charge in [-0.3, -0.25) is 20.2 Å². The van der Waals surface area contributed by atoms with Crippen molar-refractivity contribution in [2.24, 2.45) is 0 Å². The van der Waals surface area contributed by atoms with Crippen molar-refractivity contribution in [2.75, 3.05) is 0 Å². The molecule has 17 heavy (non-hydrogen) atoms. The minimum absolute atomic E-state index is 0.0216. The van der Waals surface area contributed by atoms with Crippen LogP contribution in [0, 0.1) is 10.1 Å². The number of hydrogen-bond donors (Lipinski definition) is 1. The van der Waals surface area contributed by atoms with Gasteiger partial charge in [-0.15, -0.1) is 0 Å². The zero-order chi connectivity index (χ0) is 12.4. The molecule has 1 aliphatic heterocycles. The third-order valence-corrected chi connectivity index (χ3v) is 2.21. The normalized spacial score (nSPS) is 16.8. The summed E-state index contributed by atoms with van der Waals surface area (Å²) in [5.41, 5.74) is 0.439. The van der Waals surface area contributed by atoms with Gasteiger partial charge in [0.2, 0.25) is 0 Å². The molecule has 0 spiro atoms. The van der Waals surface area contributed by atoms with Crippen molar-refractivity contribution < 1.29 is 14.5 Å². The van der Waals surface area contributed by atoms with Gasteiger partial charge >= 0.3 is 0 Å². The molecule has 1 aromatic rings. The van der Waals surface area contributed by atoms with E-state index >= 15 is 0 Å². The van der Waals surface area contributed by atoms with E-state index in [1.807, 2.05) is 0 Å². The molecule has 2 rings (SSSR count). The lowest BCUT2D eigenvalue weighted by Crippen LogP contribution is -2.18. The summed E-state index contributed by atoms with van der Waals surface area (Å²) in [6, 6.07) is 5.85. The summed E-state index contributed by atoms with van der Waals surface area (Å²) in [7, 11) is 0. The number of rotatable bonds is 2. The van der Waals surface area contributed by atoms with Crippen LogP contribution in [0.25, 0.3) is 6.08 Å². The Kier molecular flexibility index (Phi) is 2.84. The average molecular weight is 250 g/mol. The van der Waals surface area contributed by atoms with Gasteiger partial charge in [0.1, 0.15) is 0 Å². The molecule has 1 saturated heterocycles. The van der Waals surface area contributed by atoms with Crippen molar-refractivity contribution in [1.29, 1.82) is 0 Å². The maximum absolute atomic E-state index is 11.3. The number of benzene rings is 1. The lowest BCUT2D eigenvalue weighted by molar-refractivity contribution is -0.384. The molecule has 1 amide bonds. The van der Waals surface area contributed by atoms with Crippen molar-refractivity contribution in [1.82, 2.24) is 5.32 Å². The molecule has 7 heteroatoms. The molecule has 0 saturated carbocycles. The molecule has 86 valence electrons. The number of carbonyl (C=O) groups is 1. The maximum atomic E-state index is 11.3. The van der Waals surface area contributed by atoms with Gasteiger partial charge < -0.3 is 4.74 Å². The monoisotopic (exact) mass is 250 g/mol. The number of hydrogen-bond acceptors (Lipinski definition) is 5. The first-order valence-electron chi connectivity index (χ1n) is 4.55. The molecule has 0 aromatic heterocycles. The lowest BCUT2D eigenvalue weighted by atomic mass is 10.2. The van der Waals surface area contributed by atoms with Crippen molar-refractivity contribution in [2.45, 2.75) is 0 Å². The molecular weight excluding hydrogens is 244 g/mol. The number of nitro groups is 1. The van der Waals surface area contributed by atoms with Crippen molar-refractivity contribution in [3.8, 4) is 0 Å². The van der Waals surface area contributed by atoms with Crippen LogP contribution < -0.4 is 5.32 Å². The van der Waals surface area contributed by atoms with Gasteiger partial charge in [0.15, 0.2) is 5.76 Å². The predicted octanol–water partition coefficient (Wildman–Crippen LogP) is 1.37. The largest absolute Gasteiger partial charge is 0.426 e. The number of nitrogens with one attached hydrogen (secondary N) is 1. The van der Waals surface area contributed by atoms with E-state index in [1.54, 1.807) is 6.07 Å². The number of carbonyl (C=O) groups excluding carboxylic acids is 1. The SMILES string of the molecule is O=C1NC(=S)OC1=Cc1cccc([N+](=O)[O-])c1. The Morgan fingerprint density at radius 2 is 2.24 bits per heavy atom. The third kappa shape index (κ3) is 2.45. The van der Waals surface area contributed by atoms with Crippen LogP contribution in [0.3, 0.4) is 0 Å². The van der Waals surface area contributed by atoms with Crippen LogP contribution in [0.2, 0.25) is 0 Å². The van der Waals surface area contributed by atoms with Gasteiger partial charge in [-0.25, -0.2) is 0 Å². The quantitative estimate of drug-likeness (QED) is 0.371. The first-order valence-corrected chi connectivity index (χ1v) is 4.96. The van der Waals surface area contributed by atoms with Gasteiger partial charge in [-0.05, 0) is 23.9 Å². The van der Waals surface area contributed by atoms with Crippen molar-refractivity contribution in [3.05, 3.63) is 45.7 Å². The van der Waals surface area contributed by atoms with E-state index < -0.39 is 10.8 Å². The molecular formula is C10H6N2O4S. The Bertz CT molecular complexity index is 553. The number of non-ortho nitro benzene ring substituents is 1. The highest BCUT2D eigenvalue weighted by atomic mass is 32.1. The number of nitrogens with zero attached hydrogens (tertiary/aromatic N) is 1. The maximum Gasteiger partial charge on any atom is 0.294 e. The van der Waals surface area contributed by atoms with Crippen LogP contribution in [-0.2, 0) is 9.53 Å². The second kappa shape index (κ2) is 4.30. The lowest BCUT2D eigenvalue weighted by Gasteiger charge is -1.96. The van der Waals surface area contributed by atoms with Crippen LogP contribution in [-0.4, -0.2) is 16.0 Å². The smallest absolute Gasteiger partial charge is 0.294 e. The van der Waals surface area contributed by atoms with Gasteiger partial charge in [-0.2, -0.15) is 0 Å². The molecule has 1 aromatic carbocycles. The summed E-state index contributed by atoms with van der Waals surface area (Å²) in [5, 5.41) is 12.8. The fourth-order valence-corrected chi connectivity index (χ4v) is 1.48.